The minimum absolute atomic E-state index is 0.0422. The predicted octanol–water partition coefficient (Wildman–Crippen LogP) is -0.376. The fraction of sp³-hybridized carbons (Fsp3) is 0.643. The highest BCUT2D eigenvalue weighted by molar-refractivity contribution is 5.67. The van der Waals surface area contributed by atoms with E-state index in [2.05, 4.69) is 10.6 Å². The number of furan rings is 1. The van der Waals surface area contributed by atoms with Gasteiger partial charge in [0.25, 0.3) is 0 Å². The fourth-order valence-electron chi connectivity index (χ4n) is 2.82. The highest BCUT2D eigenvalue weighted by Gasteiger charge is 2.51. The number of carbonyl (C=O) groups is 1. The van der Waals surface area contributed by atoms with Gasteiger partial charge in [0.15, 0.2) is 11.9 Å². The molecule has 1 aromatic rings. The van der Waals surface area contributed by atoms with Gasteiger partial charge >= 0.3 is 6.09 Å². The molecule has 2 saturated heterocycles. The number of nitrogens with two attached hydrogens (primary N) is 1. The van der Waals surface area contributed by atoms with Crippen LogP contribution in [0.1, 0.15) is 12.7 Å². The van der Waals surface area contributed by atoms with E-state index < -0.39 is 6.09 Å². The van der Waals surface area contributed by atoms with Crippen molar-refractivity contribution in [3.8, 4) is 0 Å². The molecule has 0 unspecified atom stereocenters. The molecule has 0 aromatic carbocycles. The van der Waals surface area contributed by atoms with Crippen molar-refractivity contribution < 1.29 is 28.7 Å². The molecule has 7 nitrogen and oxygen atoms in total. The Kier molecular flexibility index (Phi) is 4.42. The summed E-state index contributed by atoms with van der Waals surface area (Å²) < 4.78 is 22.2. The first-order valence-electron chi connectivity index (χ1n) is 7.31. The average molecular weight is 297 g/mol. The molecule has 116 valence electrons. The Hall–Kier alpha value is -1.57. The number of nitrogens with one attached hydrogen (secondary N) is 1. The molecule has 3 heterocycles. The van der Waals surface area contributed by atoms with Crippen LogP contribution in [0.5, 0.6) is 0 Å². The molecular weight excluding hydrogens is 276 g/mol. The highest BCUT2D eigenvalue weighted by Crippen LogP contribution is 2.27. The number of quaternary nitrogens is 1. The number of hydrogen-bond acceptors (Lipinski definition) is 5. The van der Waals surface area contributed by atoms with Gasteiger partial charge in [-0.25, -0.2) is 4.79 Å². The second kappa shape index (κ2) is 6.46. The van der Waals surface area contributed by atoms with Crippen LogP contribution in [0.4, 0.5) is 4.79 Å². The van der Waals surface area contributed by atoms with Gasteiger partial charge in [-0.05, 0) is 19.1 Å². The molecule has 7 heteroatoms. The molecule has 3 N–H and O–H groups in total. The highest BCUT2D eigenvalue weighted by atomic mass is 16.6. The summed E-state index contributed by atoms with van der Waals surface area (Å²) in [5, 5.41) is 4.77. The number of carbonyl (C=O) groups excluding carboxylic acids is 1. The van der Waals surface area contributed by atoms with E-state index in [1.807, 2.05) is 19.1 Å². The van der Waals surface area contributed by atoms with Crippen LogP contribution >= 0.6 is 0 Å². The Morgan fingerprint density at radius 1 is 1.43 bits per heavy atom. The Labute approximate surface area is 122 Å². The van der Waals surface area contributed by atoms with Gasteiger partial charge in [-0.1, -0.05) is 0 Å². The summed E-state index contributed by atoms with van der Waals surface area (Å²) in [5.74, 6) is 0.923. The van der Waals surface area contributed by atoms with E-state index in [9.17, 15) is 4.79 Å². The first-order chi connectivity index (χ1) is 10.3. The van der Waals surface area contributed by atoms with Crippen LogP contribution < -0.4 is 10.6 Å². The number of ether oxygens (including phenoxy) is 3. The van der Waals surface area contributed by atoms with E-state index in [4.69, 9.17) is 18.6 Å². The third-order valence-electron chi connectivity index (χ3n) is 3.83. The summed E-state index contributed by atoms with van der Waals surface area (Å²) in [5.41, 5.74) is 0. The Morgan fingerprint density at radius 3 is 3.05 bits per heavy atom. The molecule has 1 amide bonds. The minimum atomic E-state index is -0.418. The number of hydrogen-bond donors (Lipinski definition) is 2. The summed E-state index contributed by atoms with van der Waals surface area (Å²) in [4.78, 5) is 11.5. The van der Waals surface area contributed by atoms with Gasteiger partial charge in [-0.15, -0.1) is 0 Å². The first-order valence-corrected chi connectivity index (χ1v) is 7.31. The van der Waals surface area contributed by atoms with Crippen molar-refractivity contribution >= 4 is 6.09 Å². The SMILES string of the molecule is CCNC(=O)O[C@@H]1CO[C@H]2[C@@H]1OC[C@@H]2[NH2+]Cc1ccco1. The maximum atomic E-state index is 11.5. The van der Waals surface area contributed by atoms with Crippen LogP contribution in [0.15, 0.2) is 22.8 Å². The normalized spacial score (nSPS) is 31.1. The van der Waals surface area contributed by atoms with E-state index in [0.717, 1.165) is 12.3 Å². The van der Waals surface area contributed by atoms with Crippen molar-refractivity contribution in [3.63, 3.8) is 0 Å². The molecular formula is C14H21N2O5+. The van der Waals surface area contributed by atoms with Crippen molar-refractivity contribution in [2.45, 2.75) is 37.8 Å². The zero-order chi connectivity index (χ0) is 14.7. The van der Waals surface area contributed by atoms with Crippen LogP contribution in [0.3, 0.4) is 0 Å². The topological polar surface area (TPSA) is 86.5 Å². The van der Waals surface area contributed by atoms with Crippen molar-refractivity contribution in [2.24, 2.45) is 0 Å². The van der Waals surface area contributed by atoms with Gasteiger partial charge in [-0.2, -0.15) is 0 Å². The third kappa shape index (κ3) is 3.20. The van der Waals surface area contributed by atoms with Gasteiger partial charge in [0, 0.05) is 6.54 Å². The monoisotopic (exact) mass is 297 g/mol. The van der Waals surface area contributed by atoms with Crippen LogP contribution in [0.25, 0.3) is 0 Å². The summed E-state index contributed by atoms with van der Waals surface area (Å²) in [6.45, 7) is 4.11. The summed E-state index contributed by atoms with van der Waals surface area (Å²) in [6, 6.07) is 4.02. The summed E-state index contributed by atoms with van der Waals surface area (Å²) >= 11 is 0. The maximum absolute atomic E-state index is 11.5. The molecule has 0 bridgehead atoms. The molecule has 3 rings (SSSR count). The molecule has 1 aromatic heterocycles. The van der Waals surface area contributed by atoms with Crippen LogP contribution in [0.2, 0.25) is 0 Å². The Bertz CT molecular complexity index is 464. The van der Waals surface area contributed by atoms with E-state index in [1.54, 1.807) is 6.26 Å². The van der Waals surface area contributed by atoms with Gasteiger partial charge in [-0.3, -0.25) is 0 Å². The molecule has 4 atom stereocenters. The Morgan fingerprint density at radius 2 is 2.29 bits per heavy atom. The molecule has 2 fully saturated rings. The summed E-state index contributed by atoms with van der Waals surface area (Å²) in [6.07, 6.45) is 0.700. The number of amides is 1. The fourth-order valence-corrected chi connectivity index (χ4v) is 2.82. The van der Waals surface area contributed by atoms with Crippen molar-refractivity contribution in [1.82, 2.24) is 5.32 Å². The van der Waals surface area contributed by atoms with Crippen molar-refractivity contribution in [1.29, 1.82) is 0 Å². The van der Waals surface area contributed by atoms with Gasteiger partial charge < -0.3 is 29.3 Å². The zero-order valence-electron chi connectivity index (χ0n) is 12.0. The van der Waals surface area contributed by atoms with Crippen molar-refractivity contribution in [3.05, 3.63) is 24.2 Å². The van der Waals surface area contributed by atoms with Crippen LogP contribution in [0, 0.1) is 0 Å². The van der Waals surface area contributed by atoms with Crippen molar-refractivity contribution in [2.75, 3.05) is 19.8 Å². The molecule has 0 saturated carbocycles. The minimum Gasteiger partial charge on any atom is -0.463 e. The molecule has 0 aliphatic carbocycles. The number of fused-ring (bicyclic) bond motifs is 1. The lowest BCUT2D eigenvalue weighted by Crippen LogP contribution is -2.91. The standard InChI is InChI=1S/C14H20N2O5/c1-2-15-14(17)21-11-8-20-12-10(7-19-13(11)12)16-6-9-4-3-5-18-9/h3-5,10-13,16H,2,6-8H2,1H3,(H,15,17)/p+1/t10-,11+,12+,13+/m0/s1. The molecule has 21 heavy (non-hydrogen) atoms. The predicted molar refractivity (Wildman–Crippen MR) is 71.6 cm³/mol. The largest absolute Gasteiger partial charge is 0.463 e. The third-order valence-corrected chi connectivity index (χ3v) is 3.83. The van der Waals surface area contributed by atoms with Gasteiger partial charge in [0.1, 0.15) is 31.4 Å². The van der Waals surface area contributed by atoms with E-state index in [-0.39, 0.29) is 24.4 Å². The van der Waals surface area contributed by atoms with Crippen LogP contribution in [-0.2, 0) is 20.8 Å². The molecule has 2 aliphatic rings. The lowest BCUT2D eigenvalue weighted by Gasteiger charge is -2.16. The zero-order valence-corrected chi connectivity index (χ0v) is 12.0. The maximum Gasteiger partial charge on any atom is 0.407 e. The van der Waals surface area contributed by atoms with Gasteiger partial charge in [0.2, 0.25) is 0 Å². The second-order valence-corrected chi connectivity index (χ2v) is 5.25. The van der Waals surface area contributed by atoms with Crippen LogP contribution in [-0.4, -0.2) is 50.2 Å². The van der Waals surface area contributed by atoms with E-state index >= 15 is 0 Å². The number of alkyl carbamates (subject to hydrolysis) is 1. The second-order valence-electron chi connectivity index (χ2n) is 5.25. The quantitative estimate of drug-likeness (QED) is 0.774. The molecule has 2 aliphatic heterocycles. The van der Waals surface area contributed by atoms with E-state index in [1.165, 1.54) is 0 Å². The molecule has 0 spiro atoms. The molecule has 0 radical (unpaired) electrons. The van der Waals surface area contributed by atoms with Gasteiger partial charge in [0.05, 0.1) is 12.9 Å². The lowest BCUT2D eigenvalue weighted by atomic mass is 10.1. The number of rotatable bonds is 5. The Balaban J connectivity index is 1.50. The first kappa shape index (κ1) is 14.4. The smallest absolute Gasteiger partial charge is 0.407 e. The average Bonchev–Trinajstić information content (AvgIpc) is 3.16. The lowest BCUT2D eigenvalue weighted by molar-refractivity contribution is -0.709. The van der Waals surface area contributed by atoms with E-state index in [0.29, 0.717) is 19.8 Å². The summed E-state index contributed by atoms with van der Waals surface area (Å²) in [7, 11) is 0.